The minimum atomic E-state index is -0.527. The van der Waals surface area contributed by atoms with Crippen LogP contribution in [0.2, 0.25) is 0 Å². The van der Waals surface area contributed by atoms with Crippen molar-refractivity contribution in [3.63, 3.8) is 0 Å². The Morgan fingerprint density at radius 1 is 1.38 bits per heavy atom. The van der Waals surface area contributed by atoms with Gasteiger partial charge in [0, 0.05) is 24.7 Å². The Morgan fingerprint density at radius 3 is 2.71 bits per heavy atom. The summed E-state index contributed by atoms with van der Waals surface area (Å²) in [6.07, 6.45) is 4.03. The van der Waals surface area contributed by atoms with Gasteiger partial charge in [-0.3, -0.25) is 9.59 Å². The van der Waals surface area contributed by atoms with Crippen LogP contribution in [0.15, 0.2) is 0 Å². The van der Waals surface area contributed by atoms with Gasteiger partial charge in [-0.2, -0.15) is 0 Å². The summed E-state index contributed by atoms with van der Waals surface area (Å²) in [5, 5.41) is 0. The van der Waals surface area contributed by atoms with Crippen LogP contribution in [-0.4, -0.2) is 30.6 Å². The minimum absolute atomic E-state index is 0.00544. The van der Waals surface area contributed by atoms with Gasteiger partial charge in [0.1, 0.15) is 0 Å². The van der Waals surface area contributed by atoms with Crippen molar-refractivity contribution < 1.29 is 19.1 Å². The van der Waals surface area contributed by atoms with Crippen LogP contribution in [0.25, 0.3) is 0 Å². The number of rotatable bonds is 2. The molecule has 0 amide bonds. The van der Waals surface area contributed by atoms with Gasteiger partial charge in [0.2, 0.25) is 0 Å². The predicted octanol–water partition coefficient (Wildman–Crippen LogP) is 2.35. The van der Waals surface area contributed by atoms with Crippen LogP contribution in [0.1, 0.15) is 46.5 Å². The highest BCUT2D eigenvalue weighted by Gasteiger charge is 2.81. The Labute approximate surface area is 125 Å². The fraction of sp³-hybridized carbons (Fsp3) is 0.882. The maximum atomic E-state index is 12.4. The zero-order valence-electron chi connectivity index (χ0n) is 13.1. The van der Waals surface area contributed by atoms with Crippen molar-refractivity contribution >= 4 is 11.8 Å². The zero-order chi connectivity index (χ0) is 15.0. The van der Waals surface area contributed by atoms with E-state index >= 15 is 0 Å². The summed E-state index contributed by atoms with van der Waals surface area (Å²) in [4.78, 5) is 23.7. The molecule has 0 N–H and O–H groups in total. The fourth-order valence-electron chi connectivity index (χ4n) is 5.99. The first-order chi connectivity index (χ1) is 9.83. The minimum Gasteiger partial charge on any atom is -0.465 e. The molecular weight excluding hydrogens is 268 g/mol. The number of fused-ring (bicyclic) bond motifs is 1. The predicted molar refractivity (Wildman–Crippen MR) is 75.5 cm³/mol. The third kappa shape index (κ3) is 1.55. The molecule has 0 radical (unpaired) electrons. The summed E-state index contributed by atoms with van der Waals surface area (Å²) < 4.78 is 11.2. The van der Waals surface area contributed by atoms with E-state index in [9.17, 15) is 9.59 Å². The van der Waals surface area contributed by atoms with Crippen molar-refractivity contribution in [2.24, 2.45) is 28.6 Å². The number of carbonyl (C=O) groups is 2. The topological polar surface area (TPSA) is 55.9 Å². The van der Waals surface area contributed by atoms with Crippen LogP contribution in [-0.2, 0) is 19.1 Å². The molecule has 1 heterocycles. The van der Waals surface area contributed by atoms with Crippen LogP contribution in [0.3, 0.4) is 0 Å². The number of Topliss-reactive ketones (excluding diaryl/α,β-unsaturated/α-hetero) is 1. The summed E-state index contributed by atoms with van der Waals surface area (Å²) in [6, 6.07) is 0. The molecule has 0 aromatic heterocycles. The summed E-state index contributed by atoms with van der Waals surface area (Å²) in [5.74, 6) is 1.25. The number of esters is 1. The molecule has 4 saturated carbocycles. The van der Waals surface area contributed by atoms with Gasteiger partial charge in [-0.25, -0.2) is 0 Å². The number of ketones is 1. The van der Waals surface area contributed by atoms with Gasteiger partial charge < -0.3 is 9.47 Å². The van der Waals surface area contributed by atoms with E-state index in [1.165, 1.54) is 13.3 Å². The molecule has 116 valence electrons. The molecule has 0 aromatic carbocycles. The van der Waals surface area contributed by atoms with Gasteiger partial charge in [0.15, 0.2) is 11.4 Å². The van der Waals surface area contributed by atoms with Crippen molar-refractivity contribution in [1.29, 1.82) is 0 Å². The van der Waals surface area contributed by atoms with E-state index in [1.54, 1.807) is 0 Å². The number of hydrogen-bond acceptors (Lipinski definition) is 4. The largest absolute Gasteiger partial charge is 0.465 e. The van der Waals surface area contributed by atoms with Crippen molar-refractivity contribution in [2.45, 2.75) is 52.1 Å². The standard InChI is InChI=1S/C17H24O4/c1-10(18)20-8-16-6-4-5-15(2,3)13-11(16)7-12(19)17(9-21-17)14(13)16/h11,13-14H,4-9H2,1-3H3/t11-,13-,14+,16+,17-/m0/s1. The van der Waals surface area contributed by atoms with Crippen LogP contribution in [0, 0.1) is 28.6 Å². The second-order valence-electron chi connectivity index (χ2n) is 8.27. The van der Waals surface area contributed by atoms with Gasteiger partial charge in [-0.15, -0.1) is 0 Å². The van der Waals surface area contributed by atoms with Crippen LogP contribution >= 0.6 is 0 Å². The molecule has 0 unspecified atom stereocenters. The highest BCUT2D eigenvalue weighted by atomic mass is 16.6. The van der Waals surface area contributed by atoms with E-state index in [2.05, 4.69) is 13.8 Å². The van der Waals surface area contributed by atoms with Crippen LogP contribution in [0.4, 0.5) is 0 Å². The molecule has 5 rings (SSSR count). The first-order valence-electron chi connectivity index (χ1n) is 8.14. The van der Waals surface area contributed by atoms with Crippen LogP contribution < -0.4 is 0 Å². The number of epoxide rings is 1. The Balaban J connectivity index is 1.74. The molecular formula is C17H24O4. The molecule has 4 aliphatic carbocycles. The van der Waals surface area contributed by atoms with E-state index in [4.69, 9.17) is 9.47 Å². The lowest BCUT2D eigenvalue weighted by molar-refractivity contribution is -0.235. The third-order valence-electron chi connectivity index (χ3n) is 6.90. The van der Waals surface area contributed by atoms with E-state index in [0.717, 1.165) is 12.8 Å². The summed E-state index contributed by atoms with van der Waals surface area (Å²) in [7, 11) is 0. The van der Waals surface area contributed by atoms with E-state index in [1.807, 2.05) is 0 Å². The van der Waals surface area contributed by atoms with E-state index in [-0.39, 0.29) is 22.7 Å². The molecule has 1 spiro atoms. The van der Waals surface area contributed by atoms with E-state index < -0.39 is 5.60 Å². The summed E-state index contributed by atoms with van der Waals surface area (Å²) in [5.41, 5.74) is -0.277. The maximum absolute atomic E-state index is 12.4. The Bertz CT molecular complexity index is 519. The maximum Gasteiger partial charge on any atom is 0.302 e. The Morgan fingerprint density at radius 2 is 2.10 bits per heavy atom. The molecule has 4 nitrogen and oxygen atoms in total. The van der Waals surface area contributed by atoms with Gasteiger partial charge in [-0.1, -0.05) is 20.3 Å². The Hall–Kier alpha value is -0.900. The highest BCUT2D eigenvalue weighted by molar-refractivity contribution is 5.93. The van der Waals surface area contributed by atoms with Gasteiger partial charge in [0.25, 0.3) is 0 Å². The van der Waals surface area contributed by atoms with Crippen molar-refractivity contribution in [2.75, 3.05) is 13.2 Å². The second-order valence-corrected chi connectivity index (χ2v) is 8.27. The first-order valence-corrected chi connectivity index (χ1v) is 8.14. The highest BCUT2D eigenvalue weighted by Crippen LogP contribution is 2.76. The lowest BCUT2D eigenvalue weighted by atomic mass is 9.35. The molecule has 1 aliphatic heterocycles. The molecule has 4 bridgehead atoms. The lowest BCUT2D eigenvalue weighted by Crippen LogP contribution is -2.72. The third-order valence-corrected chi connectivity index (χ3v) is 6.90. The summed E-state index contributed by atoms with van der Waals surface area (Å²) in [6.45, 7) is 7.20. The first kappa shape index (κ1) is 13.7. The van der Waals surface area contributed by atoms with Crippen molar-refractivity contribution in [3.05, 3.63) is 0 Å². The van der Waals surface area contributed by atoms with Gasteiger partial charge in [-0.05, 0) is 30.1 Å². The van der Waals surface area contributed by atoms with Gasteiger partial charge >= 0.3 is 5.97 Å². The van der Waals surface area contributed by atoms with E-state index in [0.29, 0.717) is 37.3 Å². The number of carbonyl (C=O) groups excluding carboxylic acids is 2. The van der Waals surface area contributed by atoms with Crippen molar-refractivity contribution in [1.82, 2.24) is 0 Å². The second kappa shape index (κ2) is 3.89. The molecule has 1 saturated heterocycles. The van der Waals surface area contributed by atoms with Gasteiger partial charge in [0.05, 0.1) is 13.2 Å². The summed E-state index contributed by atoms with van der Waals surface area (Å²) >= 11 is 0. The average Bonchev–Trinajstić information content (AvgIpc) is 3.17. The fourth-order valence-corrected chi connectivity index (χ4v) is 5.99. The van der Waals surface area contributed by atoms with Crippen molar-refractivity contribution in [3.8, 4) is 0 Å². The average molecular weight is 292 g/mol. The van der Waals surface area contributed by atoms with Crippen LogP contribution in [0.5, 0.6) is 0 Å². The SMILES string of the molecule is CC(=O)OC[C@@]12CCCC(C)(C)[C@@H]3[C@H]1[C@]1(CO1)C(=O)C[C@@H]32. The monoisotopic (exact) mass is 292 g/mol. The molecule has 4 heteroatoms. The normalized spacial score (nSPS) is 49.3. The lowest BCUT2D eigenvalue weighted by Gasteiger charge is -2.68. The molecule has 0 aromatic rings. The Kier molecular flexibility index (Phi) is 2.55. The number of hydrogen-bond donors (Lipinski definition) is 0. The molecule has 21 heavy (non-hydrogen) atoms. The molecule has 5 fully saturated rings. The smallest absolute Gasteiger partial charge is 0.302 e. The molecule has 5 atom stereocenters. The number of ether oxygens (including phenoxy) is 2. The zero-order valence-corrected chi connectivity index (χ0v) is 13.1. The quantitative estimate of drug-likeness (QED) is 0.579. The molecule has 5 aliphatic rings.